The van der Waals surface area contributed by atoms with E-state index in [-0.39, 0.29) is 0 Å². The van der Waals surface area contributed by atoms with Crippen LogP contribution in [0.25, 0.3) is 22.9 Å². The maximum absolute atomic E-state index is 5.84. The first-order valence-corrected chi connectivity index (χ1v) is 6.75. The van der Waals surface area contributed by atoms with Crippen LogP contribution < -0.4 is 0 Å². The Morgan fingerprint density at radius 2 is 1.26 bits per heavy atom. The van der Waals surface area contributed by atoms with Crippen molar-refractivity contribution in [2.75, 3.05) is 0 Å². The van der Waals surface area contributed by atoms with Gasteiger partial charge in [0.2, 0.25) is 11.8 Å². The zero-order chi connectivity index (χ0) is 13.2. The number of hydrogen-bond donors (Lipinski definition) is 0. The van der Waals surface area contributed by atoms with Crippen molar-refractivity contribution < 1.29 is 4.42 Å². The molecule has 0 spiro atoms. The maximum atomic E-state index is 5.84. The molecule has 0 radical (unpaired) electrons. The van der Waals surface area contributed by atoms with E-state index in [9.17, 15) is 0 Å². The van der Waals surface area contributed by atoms with Crippen LogP contribution >= 0.6 is 27.5 Å². The Morgan fingerprint density at radius 1 is 0.789 bits per heavy atom. The van der Waals surface area contributed by atoms with Crippen molar-refractivity contribution in [1.82, 2.24) is 10.2 Å². The highest BCUT2D eigenvalue weighted by Gasteiger charge is 2.10. The van der Waals surface area contributed by atoms with Gasteiger partial charge in [0.05, 0.1) is 0 Å². The topological polar surface area (TPSA) is 38.9 Å². The van der Waals surface area contributed by atoms with Crippen LogP contribution in [0.15, 0.2) is 57.4 Å². The summed E-state index contributed by atoms with van der Waals surface area (Å²) in [5.74, 6) is 0.979. The molecule has 3 nitrogen and oxygen atoms in total. The second-order valence-corrected chi connectivity index (χ2v) is 5.28. The Kier molecular flexibility index (Phi) is 3.36. The molecule has 0 aliphatic heterocycles. The Labute approximate surface area is 123 Å². The summed E-state index contributed by atoms with van der Waals surface area (Å²) in [6.07, 6.45) is 0. The van der Waals surface area contributed by atoms with Crippen molar-refractivity contribution in [3.8, 4) is 22.9 Å². The predicted octanol–water partition coefficient (Wildman–Crippen LogP) is 4.82. The largest absolute Gasteiger partial charge is 0.416 e. The predicted molar refractivity (Wildman–Crippen MR) is 77.9 cm³/mol. The molecule has 19 heavy (non-hydrogen) atoms. The smallest absolute Gasteiger partial charge is 0.248 e. The van der Waals surface area contributed by atoms with E-state index in [1.165, 1.54) is 0 Å². The number of benzene rings is 2. The molecule has 0 fully saturated rings. The fraction of sp³-hybridized carbons (Fsp3) is 0. The van der Waals surface area contributed by atoms with Gasteiger partial charge in [-0.05, 0) is 48.5 Å². The number of rotatable bonds is 2. The molecule has 3 rings (SSSR count). The van der Waals surface area contributed by atoms with E-state index in [4.69, 9.17) is 16.0 Å². The van der Waals surface area contributed by atoms with Gasteiger partial charge in [-0.25, -0.2) is 0 Å². The van der Waals surface area contributed by atoms with Crippen molar-refractivity contribution in [2.24, 2.45) is 0 Å². The summed E-state index contributed by atoms with van der Waals surface area (Å²) in [5.41, 5.74) is 1.73. The zero-order valence-corrected chi connectivity index (χ0v) is 12.0. The summed E-state index contributed by atoms with van der Waals surface area (Å²) in [6, 6.07) is 15.0. The van der Waals surface area contributed by atoms with Crippen LogP contribution in [-0.2, 0) is 0 Å². The Bertz CT molecular complexity index is 632. The molecular weight excluding hydrogens is 328 g/mol. The van der Waals surface area contributed by atoms with Crippen molar-refractivity contribution in [1.29, 1.82) is 0 Å². The van der Waals surface area contributed by atoms with Gasteiger partial charge in [-0.1, -0.05) is 27.5 Å². The summed E-state index contributed by atoms with van der Waals surface area (Å²) in [6.45, 7) is 0. The van der Waals surface area contributed by atoms with Gasteiger partial charge in [-0.15, -0.1) is 10.2 Å². The molecule has 0 atom stereocenters. The lowest BCUT2D eigenvalue weighted by Gasteiger charge is -1.96. The maximum Gasteiger partial charge on any atom is 0.248 e. The monoisotopic (exact) mass is 334 g/mol. The Hall–Kier alpha value is -1.65. The zero-order valence-electron chi connectivity index (χ0n) is 9.68. The Morgan fingerprint density at radius 3 is 1.79 bits per heavy atom. The molecule has 1 heterocycles. The van der Waals surface area contributed by atoms with Gasteiger partial charge in [0.25, 0.3) is 0 Å². The van der Waals surface area contributed by atoms with Gasteiger partial charge >= 0.3 is 0 Å². The van der Waals surface area contributed by atoms with Crippen LogP contribution in [0.2, 0.25) is 5.02 Å². The van der Waals surface area contributed by atoms with Gasteiger partial charge in [0.15, 0.2) is 0 Å². The van der Waals surface area contributed by atoms with Crippen LogP contribution in [0.5, 0.6) is 0 Å². The minimum atomic E-state index is 0.481. The van der Waals surface area contributed by atoms with Crippen molar-refractivity contribution in [3.05, 3.63) is 58.0 Å². The quantitative estimate of drug-likeness (QED) is 0.674. The first-order chi connectivity index (χ1) is 9.22. The highest BCUT2D eigenvalue weighted by molar-refractivity contribution is 9.10. The highest BCUT2D eigenvalue weighted by Crippen LogP contribution is 2.25. The van der Waals surface area contributed by atoms with Gasteiger partial charge in [0, 0.05) is 20.6 Å². The lowest BCUT2D eigenvalue weighted by atomic mass is 10.2. The van der Waals surface area contributed by atoms with Crippen LogP contribution in [0.4, 0.5) is 0 Å². The molecule has 3 aromatic rings. The van der Waals surface area contributed by atoms with Crippen LogP contribution in [0.3, 0.4) is 0 Å². The van der Waals surface area contributed by atoms with E-state index in [0.29, 0.717) is 16.8 Å². The summed E-state index contributed by atoms with van der Waals surface area (Å²) in [5, 5.41) is 8.77. The SMILES string of the molecule is Clc1ccc(-c2nnc(-c3ccc(Br)cc3)o2)cc1. The van der Waals surface area contributed by atoms with Crippen LogP contribution in [0, 0.1) is 0 Å². The number of hydrogen-bond acceptors (Lipinski definition) is 3. The average Bonchev–Trinajstić information content (AvgIpc) is 2.90. The molecule has 0 aliphatic rings. The minimum Gasteiger partial charge on any atom is -0.416 e. The molecule has 2 aromatic carbocycles. The van der Waals surface area contributed by atoms with Crippen LogP contribution in [-0.4, -0.2) is 10.2 Å². The van der Waals surface area contributed by atoms with Gasteiger partial charge < -0.3 is 4.42 Å². The third kappa shape index (κ3) is 2.69. The summed E-state index contributed by atoms with van der Waals surface area (Å²) >= 11 is 9.23. The molecule has 0 saturated heterocycles. The number of halogens is 2. The molecule has 0 unspecified atom stereocenters. The molecule has 1 aromatic heterocycles. The van der Waals surface area contributed by atoms with Gasteiger partial charge in [-0.2, -0.15) is 0 Å². The van der Waals surface area contributed by atoms with Crippen molar-refractivity contribution in [2.45, 2.75) is 0 Å². The molecule has 0 amide bonds. The molecule has 0 bridgehead atoms. The first-order valence-electron chi connectivity index (χ1n) is 5.58. The van der Waals surface area contributed by atoms with E-state index in [1.54, 1.807) is 12.1 Å². The second kappa shape index (κ2) is 5.15. The van der Waals surface area contributed by atoms with Gasteiger partial charge in [-0.3, -0.25) is 0 Å². The lowest BCUT2D eigenvalue weighted by molar-refractivity contribution is 0.584. The van der Waals surface area contributed by atoms with Crippen molar-refractivity contribution in [3.63, 3.8) is 0 Å². The van der Waals surface area contributed by atoms with E-state index < -0.39 is 0 Å². The molecule has 0 N–H and O–H groups in total. The lowest BCUT2D eigenvalue weighted by Crippen LogP contribution is -1.77. The summed E-state index contributed by atoms with van der Waals surface area (Å²) < 4.78 is 6.66. The Balaban J connectivity index is 1.95. The third-order valence-corrected chi connectivity index (χ3v) is 3.39. The van der Waals surface area contributed by atoms with E-state index in [2.05, 4.69) is 26.1 Å². The molecule has 0 aliphatic carbocycles. The first kappa shape index (κ1) is 12.4. The molecular formula is C14H8BrClN2O. The van der Waals surface area contributed by atoms with Crippen LogP contribution in [0.1, 0.15) is 0 Å². The third-order valence-electron chi connectivity index (χ3n) is 2.61. The molecule has 5 heteroatoms. The van der Waals surface area contributed by atoms with Crippen molar-refractivity contribution >= 4 is 27.5 Å². The van der Waals surface area contributed by atoms with E-state index in [0.717, 1.165) is 15.6 Å². The summed E-state index contributed by atoms with van der Waals surface area (Å²) in [7, 11) is 0. The standard InChI is InChI=1S/C14H8BrClN2O/c15-11-5-1-9(2-6-11)13-17-18-14(19-13)10-3-7-12(16)8-4-10/h1-8H. The fourth-order valence-corrected chi connectivity index (χ4v) is 2.03. The average molecular weight is 336 g/mol. The highest BCUT2D eigenvalue weighted by atomic mass is 79.9. The minimum absolute atomic E-state index is 0.481. The van der Waals surface area contributed by atoms with E-state index >= 15 is 0 Å². The summed E-state index contributed by atoms with van der Waals surface area (Å²) in [4.78, 5) is 0. The number of nitrogens with zero attached hydrogens (tertiary/aromatic N) is 2. The van der Waals surface area contributed by atoms with E-state index in [1.807, 2.05) is 36.4 Å². The molecule has 94 valence electrons. The number of aromatic nitrogens is 2. The molecule has 0 saturated carbocycles. The fourth-order valence-electron chi connectivity index (χ4n) is 1.64. The second-order valence-electron chi connectivity index (χ2n) is 3.93. The van der Waals surface area contributed by atoms with Gasteiger partial charge in [0.1, 0.15) is 0 Å². The normalized spacial score (nSPS) is 10.6.